The first kappa shape index (κ1) is 24.4. The molecule has 1 heterocycles. The Labute approximate surface area is 191 Å². The van der Waals surface area contributed by atoms with Crippen LogP contribution in [0.5, 0.6) is 0 Å². The van der Waals surface area contributed by atoms with Gasteiger partial charge in [-0.2, -0.15) is 0 Å². The molecule has 0 saturated carbocycles. The molecule has 0 spiro atoms. The largest absolute Gasteiger partial charge is 0.462 e. The highest BCUT2D eigenvalue weighted by Gasteiger charge is 2.31. The van der Waals surface area contributed by atoms with E-state index in [1.807, 2.05) is 26.0 Å². The average molecular weight is 441 g/mol. The fourth-order valence-electron chi connectivity index (χ4n) is 4.17. The smallest absolute Gasteiger partial charge is 0.302 e. The van der Waals surface area contributed by atoms with Gasteiger partial charge in [0, 0.05) is 18.9 Å². The van der Waals surface area contributed by atoms with Crippen molar-refractivity contribution in [3.63, 3.8) is 0 Å². The number of hydrogen-bond acceptors (Lipinski definition) is 5. The maximum absolute atomic E-state index is 11.2. The van der Waals surface area contributed by atoms with Crippen LogP contribution in [0.25, 0.3) is 6.08 Å². The van der Waals surface area contributed by atoms with Crippen molar-refractivity contribution < 1.29 is 24.1 Å². The van der Waals surface area contributed by atoms with Gasteiger partial charge in [0.2, 0.25) is 0 Å². The number of ether oxygens (including phenoxy) is 3. The van der Waals surface area contributed by atoms with Crippen molar-refractivity contribution in [2.45, 2.75) is 90.0 Å². The Morgan fingerprint density at radius 3 is 2.69 bits per heavy atom. The molecule has 0 amide bonds. The van der Waals surface area contributed by atoms with E-state index in [0.717, 1.165) is 30.4 Å². The van der Waals surface area contributed by atoms with Crippen LogP contribution in [0.15, 0.2) is 54.1 Å². The number of esters is 1. The van der Waals surface area contributed by atoms with Crippen molar-refractivity contribution in [2.75, 3.05) is 0 Å². The summed E-state index contributed by atoms with van der Waals surface area (Å²) in [6.45, 7) is 5.38. The van der Waals surface area contributed by atoms with Gasteiger partial charge in [-0.15, -0.1) is 0 Å². The molecule has 0 radical (unpaired) electrons. The van der Waals surface area contributed by atoms with Gasteiger partial charge in [0.25, 0.3) is 0 Å². The highest BCUT2D eigenvalue weighted by atomic mass is 16.7. The first-order chi connectivity index (χ1) is 15.4. The summed E-state index contributed by atoms with van der Waals surface area (Å²) in [5.41, 5.74) is 3.44. The van der Waals surface area contributed by atoms with Gasteiger partial charge >= 0.3 is 5.97 Å². The first-order valence-electron chi connectivity index (χ1n) is 11.7. The van der Waals surface area contributed by atoms with Crippen LogP contribution in [0.3, 0.4) is 0 Å². The minimum absolute atomic E-state index is 0.0345. The van der Waals surface area contributed by atoms with Crippen LogP contribution in [0.2, 0.25) is 0 Å². The summed E-state index contributed by atoms with van der Waals surface area (Å²) in [4.78, 5) is 11.2. The van der Waals surface area contributed by atoms with Crippen molar-refractivity contribution in [3.05, 3.63) is 65.3 Å². The second kappa shape index (κ2) is 12.1. The Morgan fingerprint density at radius 1 is 1.25 bits per heavy atom. The Morgan fingerprint density at radius 2 is 2.03 bits per heavy atom. The Kier molecular flexibility index (Phi) is 9.27. The van der Waals surface area contributed by atoms with Crippen molar-refractivity contribution >= 4 is 12.0 Å². The van der Waals surface area contributed by atoms with Gasteiger partial charge in [-0.3, -0.25) is 4.79 Å². The Bertz CT molecular complexity index is 823. The molecule has 174 valence electrons. The van der Waals surface area contributed by atoms with E-state index in [4.69, 9.17) is 14.2 Å². The van der Waals surface area contributed by atoms with Gasteiger partial charge in [0.15, 0.2) is 6.29 Å². The number of aliphatic hydroxyl groups is 1. The molecule has 2 aliphatic rings. The second-order valence-corrected chi connectivity index (χ2v) is 8.75. The van der Waals surface area contributed by atoms with E-state index in [9.17, 15) is 9.90 Å². The number of benzene rings is 1. The topological polar surface area (TPSA) is 65.0 Å². The van der Waals surface area contributed by atoms with Crippen molar-refractivity contribution in [3.8, 4) is 0 Å². The van der Waals surface area contributed by atoms with E-state index >= 15 is 0 Å². The van der Waals surface area contributed by atoms with Crippen LogP contribution in [-0.2, 0) is 19.0 Å². The van der Waals surface area contributed by atoms with Gasteiger partial charge in [-0.25, -0.2) is 0 Å². The van der Waals surface area contributed by atoms with Crippen LogP contribution in [0.4, 0.5) is 0 Å². The molecular weight excluding hydrogens is 404 g/mol. The minimum Gasteiger partial charge on any atom is -0.462 e. The summed E-state index contributed by atoms with van der Waals surface area (Å²) >= 11 is 0. The third kappa shape index (κ3) is 7.73. The lowest BCUT2D eigenvalue weighted by molar-refractivity contribution is -0.248. The molecule has 3 rings (SSSR count). The summed E-state index contributed by atoms with van der Waals surface area (Å²) in [7, 11) is 0. The average Bonchev–Trinajstić information content (AvgIpc) is 2.77. The van der Waals surface area contributed by atoms with Crippen LogP contribution < -0.4 is 0 Å². The molecule has 5 heteroatoms. The zero-order valence-corrected chi connectivity index (χ0v) is 19.4. The molecule has 1 aromatic carbocycles. The lowest BCUT2D eigenvalue weighted by Crippen LogP contribution is -2.35. The number of allylic oxidation sites excluding steroid dienone is 5. The van der Waals surface area contributed by atoms with Gasteiger partial charge in [0.05, 0.1) is 18.3 Å². The number of hydrogen-bond donors (Lipinski definition) is 1. The molecule has 1 saturated heterocycles. The molecule has 0 aromatic heterocycles. The summed E-state index contributed by atoms with van der Waals surface area (Å²) < 4.78 is 17.5. The van der Waals surface area contributed by atoms with Crippen molar-refractivity contribution in [1.29, 1.82) is 0 Å². The normalized spacial score (nSPS) is 25.4. The molecule has 5 atom stereocenters. The molecule has 1 N–H and O–H groups in total. The summed E-state index contributed by atoms with van der Waals surface area (Å²) in [6, 6.07) is 8.23. The molecule has 5 unspecified atom stereocenters. The molecule has 1 aliphatic heterocycles. The molecule has 32 heavy (non-hydrogen) atoms. The van der Waals surface area contributed by atoms with Gasteiger partial charge in [-0.1, -0.05) is 61.6 Å². The molecular formula is C27H36O5. The first-order valence-corrected chi connectivity index (χ1v) is 11.7. The van der Waals surface area contributed by atoms with E-state index in [0.29, 0.717) is 19.3 Å². The predicted molar refractivity (Wildman–Crippen MR) is 126 cm³/mol. The van der Waals surface area contributed by atoms with Gasteiger partial charge in [-0.05, 0) is 50.2 Å². The van der Waals surface area contributed by atoms with E-state index < -0.39 is 12.4 Å². The van der Waals surface area contributed by atoms with E-state index in [2.05, 4.69) is 42.5 Å². The number of aliphatic hydroxyl groups excluding tert-OH is 1. The molecule has 1 aromatic rings. The quantitative estimate of drug-likeness (QED) is 0.503. The number of carbonyl (C=O) groups is 1. The van der Waals surface area contributed by atoms with Gasteiger partial charge < -0.3 is 19.3 Å². The van der Waals surface area contributed by atoms with Crippen LogP contribution in [0.1, 0.15) is 76.7 Å². The second-order valence-electron chi connectivity index (χ2n) is 8.75. The van der Waals surface area contributed by atoms with E-state index in [1.54, 1.807) is 0 Å². The maximum Gasteiger partial charge on any atom is 0.302 e. The monoisotopic (exact) mass is 440 g/mol. The van der Waals surface area contributed by atoms with E-state index in [-0.39, 0.29) is 24.3 Å². The van der Waals surface area contributed by atoms with Crippen molar-refractivity contribution in [2.24, 2.45) is 0 Å². The molecule has 0 bridgehead atoms. The summed E-state index contributed by atoms with van der Waals surface area (Å²) in [5, 5.41) is 10.5. The minimum atomic E-state index is -0.591. The van der Waals surface area contributed by atoms with Crippen LogP contribution in [-0.4, -0.2) is 35.5 Å². The van der Waals surface area contributed by atoms with Gasteiger partial charge in [0.1, 0.15) is 6.10 Å². The summed E-state index contributed by atoms with van der Waals surface area (Å²) in [5.74, 6) is -0.314. The highest BCUT2D eigenvalue weighted by Crippen LogP contribution is 2.32. The highest BCUT2D eigenvalue weighted by molar-refractivity contribution is 5.66. The number of rotatable bonds is 9. The van der Waals surface area contributed by atoms with E-state index in [1.165, 1.54) is 12.5 Å². The lowest BCUT2D eigenvalue weighted by atomic mass is 9.99. The molecule has 1 aliphatic carbocycles. The SMILES string of the molecule is CCC(CC(O)CC1CC(C)OC(c2ccc(C=CC3=CC=CCC3)cc2)O1)OC(C)=O. The number of carbonyl (C=O) groups excluding carboxylic acids is 1. The van der Waals surface area contributed by atoms with Crippen LogP contribution >= 0.6 is 0 Å². The third-order valence-electron chi connectivity index (χ3n) is 5.87. The standard InChI is InChI=1S/C27H36O5/c1-4-25(31-20(3)28)17-24(29)18-26-16-19(2)30-27(32-26)23-14-12-22(13-15-23)11-10-21-8-6-5-7-9-21/h5-6,8,10-15,19,24-27,29H,4,7,9,16-18H2,1-3H3. The summed E-state index contributed by atoms with van der Waals surface area (Å²) in [6.07, 6.45) is 13.9. The zero-order valence-electron chi connectivity index (χ0n) is 19.4. The lowest BCUT2D eigenvalue weighted by Gasteiger charge is -2.35. The molecule has 5 nitrogen and oxygen atoms in total. The zero-order chi connectivity index (χ0) is 22.9. The fourth-order valence-corrected chi connectivity index (χ4v) is 4.17. The fraction of sp³-hybridized carbons (Fsp3) is 0.519. The maximum atomic E-state index is 11.2. The van der Waals surface area contributed by atoms with Crippen LogP contribution in [0, 0.1) is 0 Å². The predicted octanol–water partition coefficient (Wildman–Crippen LogP) is 5.65. The van der Waals surface area contributed by atoms with Crippen molar-refractivity contribution in [1.82, 2.24) is 0 Å². The Balaban J connectivity index is 1.56. The third-order valence-corrected chi connectivity index (χ3v) is 5.87. The molecule has 1 fully saturated rings. The Hall–Kier alpha value is -2.21.